The van der Waals surface area contributed by atoms with Crippen LogP contribution < -0.4 is 5.32 Å². The lowest BCUT2D eigenvalue weighted by Gasteiger charge is -2.18. The average molecular weight is 347 g/mol. The number of hydrogen-bond acceptors (Lipinski definition) is 2. The molecule has 1 amide bonds. The summed E-state index contributed by atoms with van der Waals surface area (Å²) in [4.78, 5) is 23.3. The standard InChI is InChI=1S/C19H19F2NO3/c1-2-17(15-9-8-13(20)11-16(15)21)22-18(23)10-7-12-5-3-4-6-14(12)19(24)25/h3-6,8-9,11,17H,2,7,10H2,1H3,(H,22,23)(H,24,25). The molecule has 0 fully saturated rings. The molecule has 2 aromatic carbocycles. The van der Waals surface area contributed by atoms with Gasteiger partial charge in [-0.2, -0.15) is 0 Å². The lowest BCUT2D eigenvalue weighted by molar-refractivity contribution is -0.121. The molecule has 0 heterocycles. The van der Waals surface area contributed by atoms with Gasteiger partial charge < -0.3 is 10.4 Å². The summed E-state index contributed by atoms with van der Waals surface area (Å²) < 4.78 is 26.9. The summed E-state index contributed by atoms with van der Waals surface area (Å²) in [6.07, 6.45) is 0.778. The molecule has 132 valence electrons. The van der Waals surface area contributed by atoms with Gasteiger partial charge in [0, 0.05) is 18.1 Å². The highest BCUT2D eigenvalue weighted by Crippen LogP contribution is 2.21. The summed E-state index contributed by atoms with van der Waals surface area (Å²) in [6, 6.07) is 9.16. The number of rotatable bonds is 7. The van der Waals surface area contributed by atoms with Gasteiger partial charge in [-0.1, -0.05) is 31.2 Å². The van der Waals surface area contributed by atoms with Crippen LogP contribution in [0.4, 0.5) is 8.78 Å². The summed E-state index contributed by atoms with van der Waals surface area (Å²) in [7, 11) is 0. The monoisotopic (exact) mass is 347 g/mol. The van der Waals surface area contributed by atoms with Crippen molar-refractivity contribution in [2.75, 3.05) is 0 Å². The molecule has 2 N–H and O–H groups in total. The number of carboxylic acid groups (broad SMARTS) is 1. The van der Waals surface area contributed by atoms with Crippen LogP contribution in [-0.4, -0.2) is 17.0 Å². The van der Waals surface area contributed by atoms with E-state index in [0.29, 0.717) is 12.0 Å². The minimum Gasteiger partial charge on any atom is -0.478 e. The van der Waals surface area contributed by atoms with Crippen molar-refractivity contribution in [1.82, 2.24) is 5.32 Å². The van der Waals surface area contributed by atoms with Crippen LogP contribution in [0.25, 0.3) is 0 Å². The fourth-order valence-electron chi connectivity index (χ4n) is 2.65. The zero-order chi connectivity index (χ0) is 18.4. The van der Waals surface area contributed by atoms with Gasteiger partial charge >= 0.3 is 5.97 Å². The Balaban J connectivity index is 2.02. The van der Waals surface area contributed by atoms with Crippen LogP contribution in [0.2, 0.25) is 0 Å². The maximum atomic E-state index is 13.9. The lowest BCUT2D eigenvalue weighted by atomic mass is 10.0. The predicted molar refractivity (Wildman–Crippen MR) is 89.3 cm³/mol. The van der Waals surface area contributed by atoms with Gasteiger partial charge in [0.2, 0.25) is 5.91 Å². The van der Waals surface area contributed by atoms with Gasteiger partial charge in [0.25, 0.3) is 0 Å². The van der Waals surface area contributed by atoms with Crippen LogP contribution in [0.15, 0.2) is 42.5 Å². The molecule has 4 nitrogen and oxygen atoms in total. The smallest absolute Gasteiger partial charge is 0.335 e. The molecule has 0 aliphatic heterocycles. The molecular weight excluding hydrogens is 328 g/mol. The Bertz CT molecular complexity index is 777. The number of aromatic carboxylic acids is 1. The third kappa shape index (κ3) is 4.86. The molecule has 0 saturated carbocycles. The molecule has 25 heavy (non-hydrogen) atoms. The van der Waals surface area contributed by atoms with E-state index in [1.54, 1.807) is 25.1 Å². The summed E-state index contributed by atoms with van der Waals surface area (Å²) >= 11 is 0. The molecule has 0 radical (unpaired) electrons. The molecule has 1 atom stereocenters. The fourth-order valence-corrected chi connectivity index (χ4v) is 2.65. The molecule has 6 heteroatoms. The van der Waals surface area contributed by atoms with Crippen LogP contribution in [0, 0.1) is 11.6 Å². The van der Waals surface area contributed by atoms with E-state index >= 15 is 0 Å². The zero-order valence-corrected chi connectivity index (χ0v) is 13.8. The first kappa shape index (κ1) is 18.6. The molecule has 0 aromatic heterocycles. The Morgan fingerprint density at radius 1 is 1.16 bits per heavy atom. The van der Waals surface area contributed by atoms with Crippen molar-refractivity contribution in [3.05, 3.63) is 70.8 Å². The van der Waals surface area contributed by atoms with Crippen LogP contribution in [0.3, 0.4) is 0 Å². The second-order valence-corrected chi connectivity index (χ2v) is 5.66. The Kier molecular flexibility index (Phi) is 6.22. The summed E-state index contributed by atoms with van der Waals surface area (Å²) in [5.41, 5.74) is 0.946. The van der Waals surface area contributed by atoms with Gasteiger partial charge in [-0.05, 0) is 30.5 Å². The van der Waals surface area contributed by atoms with Gasteiger partial charge in [-0.15, -0.1) is 0 Å². The maximum Gasteiger partial charge on any atom is 0.335 e. The number of amides is 1. The minimum absolute atomic E-state index is 0.0730. The number of hydrogen-bond donors (Lipinski definition) is 2. The number of benzene rings is 2. The number of carboxylic acids is 1. The van der Waals surface area contributed by atoms with Crippen molar-refractivity contribution >= 4 is 11.9 Å². The van der Waals surface area contributed by atoms with Crippen molar-refractivity contribution in [2.45, 2.75) is 32.2 Å². The Labute approximate surface area is 144 Å². The number of aryl methyl sites for hydroxylation is 1. The highest BCUT2D eigenvalue weighted by molar-refractivity contribution is 5.89. The highest BCUT2D eigenvalue weighted by Gasteiger charge is 2.17. The maximum absolute atomic E-state index is 13.9. The number of carbonyl (C=O) groups is 2. The predicted octanol–water partition coefficient (Wildman–Crippen LogP) is 3.86. The van der Waals surface area contributed by atoms with Gasteiger partial charge in [0.1, 0.15) is 11.6 Å². The van der Waals surface area contributed by atoms with Crippen molar-refractivity contribution in [1.29, 1.82) is 0 Å². The van der Waals surface area contributed by atoms with E-state index in [1.165, 1.54) is 12.1 Å². The third-order valence-electron chi connectivity index (χ3n) is 3.95. The molecule has 0 bridgehead atoms. The van der Waals surface area contributed by atoms with E-state index in [0.717, 1.165) is 12.1 Å². The molecule has 2 rings (SSSR count). The van der Waals surface area contributed by atoms with Crippen molar-refractivity contribution in [3.8, 4) is 0 Å². The first-order chi connectivity index (χ1) is 11.9. The van der Waals surface area contributed by atoms with Crippen LogP contribution in [0.1, 0.15) is 47.3 Å². The normalized spacial score (nSPS) is 11.8. The van der Waals surface area contributed by atoms with Crippen molar-refractivity contribution < 1.29 is 23.5 Å². The van der Waals surface area contributed by atoms with E-state index < -0.39 is 23.6 Å². The van der Waals surface area contributed by atoms with Gasteiger partial charge in [-0.3, -0.25) is 4.79 Å². The Morgan fingerprint density at radius 2 is 1.88 bits per heavy atom. The van der Waals surface area contributed by atoms with Crippen LogP contribution in [0.5, 0.6) is 0 Å². The number of carbonyl (C=O) groups excluding carboxylic acids is 1. The molecule has 0 aliphatic carbocycles. The molecular formula is C19H19F2NO3. The molecule has 0 spiro atoms. The molecule has 0 aliphatic rings. The minimum atomic E-state index is -1.05. The van der Waals surface area contributed by atoms with E-state index in [9.17, 15) is 18.4 Å². The largest absolute Gasteiger partial charge is 0.478 e. The van der Waals surface area contributed by atoms with E-state index in [1.807, 2.05) is 0 Å². The first-order valence-corrected chi connectivity index (χ1v) is 7.98. The third-order valence-corrected chi connectivity index (χ3v) is 3.95. The topological polar surface area (TPSA) is 66.4 Å². The van der Waals surface area contributed by atoms with Gasteiger partial charge in [-0.25, -0.2) is 13.6 Å². The second kappa shape index (κ2) is 8.37. The summed E-state index contributed by atoms with van der Waals surface area (Å²) in [5.74, 6) is -2.75. The van der Waals surface area contributed by atoms with E-state index in [4.69, 9.17) is 5.11 Å². The Morgan fingerprint density at radius 3 is 2.52 bits per heavy atom. The van der Waals surface area contributed by atoms with E-state index in [-0.39, 0.29) is 29.9 Å². The summed E-state index contributed by atoms with van der Waals surface area (Å²) in [6.45, 7) is 1.79. The zero-order valence-electron chi connectivity index (χ0n) is 13.8. The van der Waals surface area contributed by atoms with Crippen molar-refractivity contribution in [3.63, 3.8) is 0 Å². The van der Waals surface area contributed by atoms with Crippen LogP contribution >= 0.6 is 0 Å². The molecule has 2 aromatic rings. The summed E-state index contributed by atoms with van der Waals surface area (Å²) in [5, 5.41) is 11.9. The highest BCUT2D eigenvalue weighted by atomic mass is 19.1. The second-order valence-electron chi connectivity index (χ2n) is 5.66. The number of halogens is 2. The fraction of sp³-hybridized carbons (Fsp3) is 0.263. The van der Waals surface area contributed by atoms with Gasteiger partial charge in [0.15, 0.2) is 0 Å². The Hall–Kier alpha value is -2.76. The van der Waals surface area contributed by atoms with Crippen LogP contribution in [-0.2, 0) is 11.2 Å². The quantitative estimate of drug-likeness (QED) is 0.799. The number of nitrogens with one attached hydrogen (secondary N) is 1. The average Bonchev–Trinajstić information content (AvgIpc) is 2.58. The first-order valence-electron chi connectivity index (χ1n) is 7.98. The van der Waals surface area contributed by atoms with E-state index in [2.05, 4.69) is 5.32 Å². The SMILES string of the molecule is CCC(NC(=O)CCc1ccccc1C(=O)O)c1ccc(F)cc1F. The van der Waals surface area contributed by atoms with Crippen molar-refractivity contribution in [2.24, 2.45) is 0 Å². The molecule has 1 unspecified atom stereocenters. The lowest BCUT2D eigenvalue weighted by Crippen LogP contribution is -2.29. The molecule has 0 saturated heterocycles. The van der Waals surface area contributed by atoms with Gasteiger partial charge in [0.05, 0.1) is 11.6 Å².